The summed E-state index contributed by atoms with van der Waals surface area (Å²) in [5.74, 6) is -0.302. The van der Waals surface area contributed by atoms with E-state index >= 15 is 0 Å². The number of non-ortho nitro benzene ring substituents is 1. The Bertz CT molecular complexity index is 893. The van der Waals surface area contributed by atoms with Gasteiger partial charge in [-0.25, -0.2) is 5.43 Å². The first-order chi connectivity index (χ1) is 13.3. The molecule has 0 radical (unpaired) electrons. The van der Waals surface area contributed by atoms with Crippen molar-refractivity contribution in [1.82, 2.24) is 5.43 Å². The number of hydrazone groups is 1. The second kappa shape index (κ2) is 9.81. The monoisotopic (exact) mass is 384 g/mol. The van der Waals surface area contributed by atoms with E-state index in [9.17, 15) is 19.7 Å². The maximum Gasteiger partial charge on any atom is 0.277 e. The number of carbonyl (C=O) groups is 2. The van der Waals surface area contributed by atoms with E-state index in [1.165, 1.54) is 18.2 Å². The predicted octanol–water partition coefficient (Wildman–Crippen LogP) is 2.80. The number of benzene rings is 2. The Kier molecular flexibility index (Phi) is 7.21. The van der Waals surface area contributed by atoms with E-state index in [4.69, 9.17) is 4.74 Å². The number of nitro groups is 1. The van der Waals surface area contributed by atoms with Crippen molar-refractivity contribution in [3.63, 3.8) is 0 Å². The molecule has 2 aromatic carbocycles. The number of nitro benzene ring substituents is 1. The molecule has 9 nitrogen and oxygen atoms in total. The first kappa shape index (κ1) is 20.6. The second-order valence-electron chi connectivity index (χ2n) is 6.02. The molecule has 146 valence electrons. The third kappa shape index (κ3) is 6.87. The summed E-state index contributed by atoms with van der Waals surface area (Å²) in [6.45, 7) is 3.32. The third-order valence-electron chi connectivity index (χ3n) is 3.52. The maximum atomic E-state index is 12.0. The number of ether oxygens (including phenoxy) is 1. The van der Waals surface area contributed by atoms with Gasteiger partial charge in [0.1, 0.15) is 5.75 Å². The summed E-state index contributed by atoms with van der Waals surface area (Å²) in [6, 6.07) is 12.9. The SMILES string of the molecule is C/C(CC(=O)Nc1cccc([N+](=O)[O-])c1)=N\NC(=O)COc1ccc(C)cc1. The zero-order valence-electron chi connectivity index (χ0n) is 15.5. The molecule has 0 aliphatic rings. The summed E-state index contributed by atoms with van der Waals surface area (Å²) < 4.78 is 5.33. The van der Waals surface area contributed by atoms with Gasteiger partial charge in [-0.3, -0.25) is 19.7 Å². The molecule has 0 atom stereocenters. The lowest BCUT2D eigenvalue weighted by Gasteiger charge is -2.07. The molecule has 0 heterocycles. The molecular weight excluding hydrogens is 364 g/mol. The van der Waals surface area contributed by atoms with Crippen molar-refractivity contribution in [2.45, 2.75) is 20.3 Å². The van der Waals surface area contributed by atoms with Crippen LogP contribution >= 0.6 is 0 Å². The molecule has 2 amide bonds. The van der Waals surface area contributed by atoms with E-state index in [1.54, 1.807) is 25.1 Å². The fourth-order valence-electron chi connectivity index (χ4n) is 2.15. The van der Waals surface area contributed by atoms with Gasteiger partial charge in [0.15, 0.2) is 6.61 Å². The van der Waals surface area contributed by atoms with Crippen LogP contribution in [0.15, 0.2) is 53.6 Å². The van der Waals surface area contributed by atoms with Crippen LogP contribution in [0.3, 0.4) is 0 Å². The Morgan fingerprint density at radius 3 is 2.54 bits per heavy atom. The summed E-state index contributed by atoms with van der Waals surface area (Å²) >= 11 is 0. The highest BCUT2D eigenvalue weighted by molar-refractivity contribution is 6.05. The highest BCUT2D eigenvalue weighted by Crippen LogP contribution is 2.17. The van der Waals surface area contributed by atoms with Gasteiger partial charge >= 0.3 is 0 Å². The number of nitrogens with zero attached hydrogens (tertiary/aromatic N) is 2. The van der Waals surface area contributed by atoms with Crippen molar-refractivity contribution >= 4 is 28.9 Å². The van der Waals surface area contributed by atoms with Crippen LogP contribution in [0.5, 0.6) is 5.75 Å². The minimum absolute atomic E-state index is 0.0816. The molecule has 2 rings (SSSR count). The van der Waals surface area contributed by atoms with Gasteiger partial charge < -0.3 is 10.1 Å². The zero-order valence-corrected chi connectivity index (χ0v) is 15.5. The molecule has 0 unspecified atom stereocenters. The van der Waals surface area contributed by atoms with Crippen LogP contribution in [0.4, 0.5) is 11.4 Å². The Labute approximate surface area is 161 Å². The minimum atomic E-state index is -0.545. The van der Waals surface area contributed by atoms with Crippen molar-refractivity contribution in [3.05, 3.63) is 64.2 Å². The van der Waals surface area contributed by atoms with Crippen LogP contribution in [-0.2, 0) is 9.59 Å². The van der Waals surface area contributed by atoms with Gasteiger partial charge in [-0.05, 0) is 32.0 Å². The number of rotatable bonds is 8. The molecule has 0 aliphatic carbocycles. The Hall–Kier alpha value is -3.75. The van der Waals surface area contributed by atoms with E-state index in [2.05, 4.69) is 15.8 Å². The van der Waals surface area contributed by atoms with Gasteiger partial charge in [-0.15, -0.1) is 0 Å². The number of anilines is 1. The Balaban J connectivity index is 1.78. The second-order valence-corrected chi connectivity index (χ2v) is 6.02. The van der Waals surface area contributed by atoms with E-state index in [0.29, 0.717) is 17.1 Å². The van der Waals surface area contributed by atoms with Gasteiger partial charge in [0.25, 0.3) is 11.6 Å². The lowest BCUT2D eigenvalue weighted by atomic mass is 10.2. The normalized spacial score (nSPS) is 10.9. The minimum Gasteiger partial charge on any atom is -0.484 e. The zero-order chi connectivity index (χ0) is 20.5. The first-order valence-electron chi connectivity index (χ1n) is 8.39. The fraction of sp³-hybridized carbons (Fsp3) is 0.211. The molecule has 9 heteroatoms. The van der Waals surface area contributed by atoms with Crippen molar-refractivity contribution < 1.29 is 19.2 Å². The van der Waals surface area contributed by atoms with Crippen molar-refractivity contribution in [2.75, 3.05) is 11.9 Å². The van der Waals surface area contributed by atoms with Gasteiger partial charge in [-0.1, -0.05) is 23.8 Å². The summed E-state index contributed by atoms with van der Waals surface area (Å²) in [6.07, 6.45) is -0.0816. The van der Waals surface area contributed by atoms with Crippen molar-refractivity contribution in [1.29, 1.82) is 0 Å². The van der Waals surface area contributed by atoms with E-state index in [-0.39, 0.29) is 18.7 Å². The first-order valence-corrected chi connectivity index (χ1v) is 8.39. The molecule has 2 aromatic rings. The van der Waals surface area contributed by atoms with Gasteiger partial charge in [0.2, 0.25) is 5.91 Å². The number of carbonyl (C=O) groups excluding carboxylic acids is 2. The lowest BCUT2D eigenvalue weighted by Crippen LogP contribution is -2.26. The number of aryl methyl sites for hydroxylation is 1. The van der Waals surface area contributed by atoms with Gasteiger partial charge in [0, 0.05) is 23.5 Å². The number of amides is 2. The van der Waals surface area contributed by atoms with Crippen molar-refractivity contribution in [2.24, 2.45) is 5.10 Å². The lowest BCUT2D eigenvalue weighted by molar-refractivity contribution is -0.384. The molecule has 0 fully saturated rings. The molecular formula is C19H20N4O5. The molecule has 0 aromatic heterocycles. The molecule has 0 spiro atoms. The molecule has 2 N–H and O–H groups in total. The van der Waals surface area contributed by atoms with Crippen LogP contribution < -0.4 is 15.5 Å². The average Bonchev–Trinajstić information content (AvgIpc) is 2.66. The van der Waals surface area contributed by atoms with Crippen LogP contribution in [0.1, 0.15) is 18.9 Å². The van der Waals surface area contributed by atoms with E-state index in [1.807, 2.05) is 19.1 Å². The molecule has 28 heavy (non-hydrogen) atoms. The quantitative estimate of drug-likeness (QED) is 0.411. The van der Waals surface area contributed by atoms with Crippen LogP contribution in [-0.4, -0.2) is 29.1 Å². The predicted molar refractivity (Wildman–Crippen MR) is 104 cm³/mol. The fourth-order valence-corrected chi connectivity index (χ4v) is 2.15. The Morgan fingerprint density at radius 1 is 1.14 bits per heavy atom. The van der Waals surface area contributed by atoms with Crippen molar-refractivity contribution in [3.8, 4) is 5.75 Å². The summed E-state index contributed by atoms with van der Waals surface area (Å²) in [5.41, 5.74) is 3.95. The van der Waals surface area contributed by atoms with Gasteiger partial charge in [-0.2, -0.15) is 5.10 Å². The standard InChI is InChI=1S/C19H20N4O5/c1-13-6-8-17(9-7-13)28-12-19(25)22-21-14(2)10-18(24)20-15-4-3-5-16(11-15)23(26)27/h3-9,11H,10,12H2,1-2H3,(H,20,24)(H,22,25)/b21-14+. The molecule has 0 bridgehead atoms. The van der Waals surface area contributed by atoms with Crippen LogP contribution in [0, 0.1) is 17.0 Å². The summed E-state index contributed by atoms with van der Waals surface area (Å²) in [7, 11) is 0. The highest BCUT2D eigenvalue weighted by atomic mass is 16.6. The highest BCUT2D eigenvalue weighted by Gasteiger charge is 2.09. The molecule has 0 saturated carbocycles. The largest absolute Gasteiger partial charge is 0.484 e. The third-order valence-corrected chi connectivity index (χ3v) is 3.52. The van der Waals surface area contributed by atoms with Gasteiger partial charge in [0.05, 0.1) is 11.3 Å². The average molecular weight is 384 g/mol. The topological polar surface area (TPSA) is 123 Å². The summed E-state index contributed by atoms with van der Waals surface area (Å²) in [4.78, 5) is 33.9. The van der Waals surface area contributed by atoms with Crippen LogP contribution in [0.25, 0.3) is 0 Å². The smallest absolute Gasteiger partial charge is 0.277 e. The van der Waals surface area contributed by atoms with Crippen LogP contribution in [0.2, 0.25) is 0 Å². The summed E-state index contributed by atoms with van der Waals surface area (Å²) in [5, 5.41) is 17.1. The number of hydrogen-bond donors (Lipinski definition) is 2. The number of hydrogen-bond acceptors (Lipinski definition) is 6. The van der Waals surface area contributed by atoms with E-state index < -0.39 is 16.7 Å². The molecule has 0 saturated heterocycles. The number of nitrogens with one attached hydrogen (secondary N) is 2. The molecule has 0 aliphatic heterocycles. The maximum absolute atomic E-state index is 12.0. The Morgan fingerprint density at radius 2 is 1.86 bits per heavy atom. The van der Waals surface area contributed by atoms with E-state index in [0.717, 1.165) is 5.56 Å².